The van der Waals surface area contributed by atoms with Crippen molar-refractivity contribution < 1.29 is 14.3 Å². The molecule has 2 amide bonds. The number of carbonyl (C=O) groups is 2. The molecule has 1 spiro atoms. The summed E-state index contributed by atoms with van der Waals surface area (Å²) in [5, 5.41) is 2.94. The lowest BCUT2D eigenvalue weighted by atomic mass is 9.79. The van der Waals surface area contributed by atoms with Gasteiger partial charge in [0, 0.05) is 7.11 Å². The Bertz CT molecular complexity index is 392. The molecule has 3 rings (SSSR count). The Kier molecular flexibility index (Phi) is 3.04. The van der Waals surface area contributed by atoms with Gasteiger partial charge < -0.3 is 15.0 Å². The number of carbonyl (C=O) groups excluding carboxylic acids is 2. The maximum absolute atomic E-state index is 12.7. The van der Waals surface area contributed by atoms with Gasteiger partial charge in [0.25, 0.3) is 0 Å². The number of methoxy groups -OCH3 is 1. The van der Waals surface area contributed by atoms with Crippen LogP contribution in [0.1, 0.15) is 44.9 Å². The average Bonchev–Trinajstić information content (AvgIpc) is 2.79. The minimum absolute atomic E-state index is 0.0212. The van der Waals surface area contributed by atoms with Gasteiger partial charge in [0.15, 0.2) is 0 Å². The van der Waals surface area contributed by atoms with E-state index in [2.05, 4.69) is 5.32 Å². The van der Waals surface area contributed by atoms with E-state index in [-0.39, 0.29) is 24.0 Å². The zero-order chi connectivity index (χ0) is 13.5. The number of amides is 2. The summed E-state index contributed by atoms with van der Waals surface area (Å²) in [6.07, 6.45) is 6.74. The van der Waals surface area contributed by atoms with Crippen molar-refractivity contribution in [3.8, 4) is 0 Å². The van der Waals surface area contributed by atoms with E-state index in [0.29, 0.717) is 6.54 Å². The van der Waals surface area contributed by atoms with E-state index in [9.17, 15) is 9.59 Å². The van der Waals surface area contributed by atoms with Crippen LogP contribution in [0.2, 0.25) is 0 Å². The molecular weight excluding hydrogens is 244 g/mol. The fraction of sp³-hybridized carbons (Fsp3) is 0.857. The maximum Gasteiger partial charge on any atom is 0.248 e. The van der Waals surface area contributed by atoms with Crippen LogP contribution in [0.4, 0.5) is 0 Å². The summed E-state index contributed by atoms with van der Waals surface area (Å²) in [5.41, 5.74) is -0.804. The highest BCUT2D eigenvalue weighted by molar-refractivity contribution is 5.98. The summed E-state index contributed by atoms with van der Waals surface area (Å²) in [5.74, 6) is 0.0833. The second kappa shape index (κ2) is 4.47. The number of hydrogen-bond acceptors (Lipinski definition) is 3. The summed E-state index contributed by atoms with van der Waals surface area (Å²) in [6.45, 7) is 0.753. The second-order valence-electron chi connectivity index (χ2n) is 6.24. The molecule has 19 heavy (non-hydrogen) atoms. The van der Waals surface area contributed by atoms with Crippen molar-refractivity contribution >= 4 is 11.8 Å². The van der Waals surface area contributed by atoms with Crippen LogP contribution in [0.3, 0.4) is 0 Å². The molecule has 3 fully saturated rings. The lowest BCUT2D eigenvalue weighted by Crippen LogP contribution is -2.67. The summed E-state index contributed by atoms with van der Waals surface area (Å²) >= 11 is 0. The van der Waals surface area contributed by atoms with Gasteiger partial charge in [-0.3, -0.25) is 9.59 Å². The molecular formula is C14H22N2O3. The van der Waals surface area contributed by atoms with Crippen molar-refractivity contribution in [1.29, 1.82) is 0 Å². The van der Waals surface area contributed by atoms with E-state index in [1.54, 1.807) is 12.0 Å². The maximum atomic E-state index is 12.7. The van der Waals surface area contributed by atoms with E-state index in [1.807, 2.05) is 0 Å². The average molecular weight is 266 g/mol. The van der Waals surface area contributed by atoms with E-state index < -0.39 is 5.54 Å². The molecule has 0 bridgehead atoms. The van der Waals surface area contributed by atoms with Gasteiger partial charge in [-0.25, -0.2) is 0 Å². The van der Waals surface area contributed by atoms with Crippen molar-refractivity contribution in [1.82, 2.24) is 10.2 Å². The molecule has 1 heterocycles. The highest BCUT2D eigenvalue weighted by atomic mass is 16.5. The summed E-state index contributed by atoms with van der Waals surface area (Å²) in [6, 6.07) is 0. The predicted molar refractivity (Wildman–Crippen MR) is 69.5 cm³/mol. The van der Waals surface area contributed by atoms with Gasteiger partial charge in [-0.1, -0.05) is 12.8 Å². The van der Waals surface area contributed by atoms with Crippen LogP contribution < -0.4 is 5.32 Å². The van der Waals surface area contributed by atoms with Gasteiger partial charge in [-0.05, 0) is 32.1 Å². The molecule has 0 aromatic carbocycles. The first-order valence-electron chi connectivity index (χ1n) is 7.25. The first-order chi connectivity index (χ1) is 9.09. The molecule has 1 aliphatic heterocycles. The van der Waals surface area contributed by atoms with E-state index in [1.165, 1.54) is 0 Å². The Morgan fingerprint density at radius 3 is 2.37 bits per heavy atom. The molecule has 1 N–H and O–H groups in total. The standard InChI is InChI=1S/C14H22N2O3/c1-19-13(5-4-6-13)10-16-9-11(17)15-14(12(16)18)7-2-3-8-14/h2-10H2,1H3,(H,15,17). The molecule has 3 aliphatic rings. The second-order valence-corrected chi connectivity index (χ2v) is 6.24. The smallest absolute Gasteiger partial charge is 0.248 e. The number of ether oxygens (including phenoxy) is 1. The van der Waals surface area contributed by atoms with Crippen molar-refractivity contribution in [2.45, 2.75) is 56.1 Å². The largest absolute Gasteiger partial charge is 0.376 e. The molecule has 2 aliphatic carbocycles. The van der Waals surface area contributed by atoms with Crippen molar-refractivity contribution in [3.63, 3.8) is 0 Å². The molecule has 0 aromatic heterocycles. The molecule has 0 unspecified atom stereocenters. The number of rotatable bonds is 3. The normalized spacial score (nSPS) is 28.4. The third-order valence-corrected chi connectivity index (χ3v) is 5.04. The van der Waals surface area contributed by atoms with Gasteiger partial charge >= 0.3 is 0 Å². The van der Waals surface area contributed by atoms with E-state index in [0.717, 1.165) is 44.9 Å². The van der Waals surface area contributed by atoms with Crippen LogP contribution in [-0.2, 0) is 14.3 Å². The quantitative estimate of drug-likeness (QED) is 0.823. The van der Waals surface area contributed by atoms with Gasteiger partial charge in [-0.2, -0.15) is 0 Å². The first kappa shape index (κ1) is 12.9. The number of nitrogens with one attached hydrogen (secondary N) is 1. The summed E-state index contributed by atoms with van der Waals surface area (Å²) in [4.78, 5) is 26.3. The molecule has 0 atom stereocenters. The van der Waals surface area contributed by atoms with Crippen LogP contribution in [0, 0.1) is 0 Å². The van der Waals surface area contributed by atoms with Crippen LogP contribution in [-0.4, -0.2) is 48.1 Å². The molecule has 5 nitrogen and oxygen atoms in total. The first-order valence-corrected chi connectivity index (χ1v) is 7.25. The minimum Gasteiger partial charge on any atom is -0.376 e. The van der Waals surface area contributed by atoms with Gasteiger partial charge in [0.05, 0.1) is 18.7 Å². The fourth-order valence-corrected chi connectivity index (χ4v) is 3.70. The topological polar surface area (TPSA) is 58.6 Å². The van der Waals surface area contributed by atoms with Crippen LogP contribution in [0.15, 0.2) is 0 Å². The molecule has 2 saturated carbocycles. The van der Waals surface area contributed by atoms with E-state index >= 15 is 0 Å². The number of nitrogens with zero attached hydrogens (tertiary/aromatic N) is 1. The Morgan fingerprint density at radius 1 is 1.16 bits per heavy atom. The zero-order valence-corrected chi connectivity index (χ0v) is 11.5. The number of hydrogen-bond donors (Lipinski definition) is 1. The Morgan fingerprint density at radius 2 is 1.84 bits per heavy atom. The Hall–Kier alpha value is -1.10. The van der Waals surface area contributed by atoms with E-state index in [4.69, 9.17) is 4.74 Å². The molecule has 0 aromatic rings. The fourth-order valence-electron chi connectivity index (χ4n) is 3.70. The monoisotopic (exact) mass is 266 g/mol. The van der Waals surface area contributed by atoms with Gasteiger partial charge in [0.2, 0.25) is 11.8 Å². The highest BCUT2D eigenvalue weighted by Gasteiger charge is 2.50. The third kappa shape index (κ3) is 2.04. The zero-order valence-electron chi connectivity index (χ0n) is 11.5. The Balaban J connectivity index is 1.77. The van der Waals surface area contributed by atoms with Gasteiger partial charge in [0.1, 0.15) is 5.54 Å². The minimum atomic E-state index is -0.603. The van der Waals surface area contributed by atoms with Crippen molar-refractivity contribution in [2.24, 2.45) is 0 Å². The third-order valence-electron chi connectivity index (χ3n) is 5.04. The molecule has 106 valence electrons. The van der Waals surface area contributed by atoms with Crippen molar-refractivity contribution in [3.05, 3.63) is 0 Å². The highest BCUT2D eigenvalue weighted by Crippen LogP contribution is 2.38. The van der Waals surface area contributed by atoms with Crippen LogP contribution in [0.5, 0.6) is 0 Å². The summed E-state index contributed by atoms with van der Waals surface area (Å²) < 4.78 is 5.59. The van der Waals surface area contributed by atoms with Gasteiger partial charge in [-0.15, -0.1) is 0 Å². The Labute approximate surface area is 113 Å². The van der Waals surface area contributed by atoms with Crippen LogP contribution >= 0.6 is 0 Å². The predicted octanol–water partition coefficient (Wildman–Crippen LogP) is 0.827. The molecule has 1 saturated heterocycles. The SMILES string of the molecule is COC1(CN2CC(=O)NC3(CCCC3)C2=O)CCC1. The lowest BCUT2D eigenvalue weighted by Gasteiger charge is -2.47. The number of piperazine rings is 1. The summed E-state index contributed by atoms with van der Waals surface area (Å²) in [7, 11) is 1.71. The molecule has 5 heteroatoms. The lowest BCUT2D eigenvalue weighted by molar-refractivity contribution is -0.158. The molecule has 0 radical (unpaired) electrons. The van der Waals surface area contributed by atoms with Crippen molar-refractivity contribution in [2.75, 3.05) is 20.2 Å². The van der Waals surface area contributed by atoms with Crippen LogP contribution in [0.25, 0.3) is 0 Å².